The average Bonchev–Trinajstić information content (AvgIpc) is 2.50. The molecule has 0 aliphatic heterocycles. The lowest BCUT2D eigenvalue weighted by Crippen LogP contribution is -2.52. The fourth-order valence-corrected chi connectivity index (χ4v) is 2.32. The van der Waals surface area contributed by atoms with Crippen molar-refractivity contribution in [2.45, 2.75) is 59.0 Å². The molecule has 25 heavy (non-hydrogen) atoms. The maximum absolute atomic E-state index is 12.5. The van der Waals surface area contributed by atoms with Gasteiger partial charge in [-0.1, -0.05) is 26.8 Å². The minimum absolute atomic E-state index is 0.0365. The zero-order valence-corrected chi connectivity index (χ0v) is 15.2. The van der Waals surface area contributed by atoms with Crippen molar-refractivity contribution < 1.29 is 19.5 Å². The van der Waals surface area contributed by atoms with Crippen molar-refractivity contribution in [3.8, 4) is 0 Å². The second-order valence-corrected chi connectivity index (χ2v) is 7.32. The second-order valence-electron chi connectivity index (χ2n) is 7.32. The molecule has 0 saturated heterocycles. The molecule has 1 rings (SSSR count). The van der Waals surface area contributed by atoms with Crippen molar-refractivity contribution in [3.05, 3.63) is 30.1 Å². The van der Waals surface area contributed by atoms with Crippen LogP contribution in [0.25, 0.3) is 0 Å². The van der Waals surface area contributed by atoms with E-state index >= 15 is 0 Å². The Labute approximate surface area is 148 Å². The zero-order valence-electron chi connectivity index (χ0n) is 15.2. The van der Waals surface area contributed by atoms with Gasteiger partial charge in [-0.25, -0.2) is 4.79 Å². The second kappa shape index (κ2) is 9.15. The van der Waals surface area contributed by atoms with E-state index < -0.39 is 24.0 Å². The standard InChI is InChI=1S/C18H27N3O4/c1-12(22)20-15(10-13-6-5-9-19-11-13)16(23)21-14(17(24)25)7-8-18(2,3)4/h5-6,9,11,14-15H,7-8,10H2,1-4H3,(H,20,22)(H,21,23)(H,24,25). The van der Waals surface area contributed by atoms with Gasteiger partial charge in [-0.15, -0.1) is 0 Å². The Kier molecular flexibility index (Phi) is 7.54. The van der Waals surface area contributed by atoms with Crippen LogP contribution in [-0.2, 0) is 20.8 Å². The number of rotatable bonds is 8. The lowest BCUT2D eigenvalue weighted by atomic mass is 9.88. The largest absolute Gasteiger partial charge is 0.480 e. The van der Waals surface area contributed by atoms with E-state index in [9.17, 15) is 19.5 Å². The molecular weight excluding hydrogens is 322 g/mol. The maximum Gasteiger partial charge on any atom is 0.326 e. The summed E-state index contributed by atoms with van der Waals surface area (Å²) in [7, 11) is 0. The Hall–Kier alpha value is -2.44. The molecule has 7 heteroatoms. The van der Waals surface area contributed by atoms with Crippen molar-refractivity contribution >= 4 is 17.8 Å². The number of carbonyl (C=O) groups is 3. The summed E-state index contributed by atoms with van der Waals surface area (Å²) in [6.07, 6.45) is 4.44. The summed E-state index contributed by atoms with van der Waals surface area (Å²) in [5.41, 5.74) is 0.739. The highest BCUT2D eigenvalue weighted by Gasteiger charge is 2.27. The summed E-state index contributed by atoms with van der Waals surface area (Å²) < 4.78 is 0. The topological polar surface area (TPSA) is 108 Å². The zero-order chi connectivity index (χ0) is 19.0. The molecule has 0 radical (unpaired) electrons. The van der Waals surface area contributed by atoms with Crippen molar-refractivity contribution in [2.75, 3.05) is 0 Å². The summed E-state index contributed by atoms with van der Waals surface area (Å²) in [5, 5.41) is 14.5. The van der Waals surface area contributed by atoms with Gasteiger partial charge in [0.15, 0.2) is 0 Å². The monoisotopic (exact) mass is 349 g/mol. The Morgan fingerprint density at radius 2 is 1.88 bits per heavy atom. The quantitative estimate of drug-likeness (QED) is 0.659. The SMILES string of the molecule is CC(=O)NC(Cc1cccnc1)C(=O)NC(CCC(C)(C)C)C(=O)O. The molecule has 2 unspecified atom stereocenters. The predicted molar refractivity (Wildman–Crippen MR) is 93.8 cm³/mol. The first kappa shape index (κ1) is 20.6. The van der Waals surface area contributed by atoms with Crippen LogP contribution in [0.1, 0.15) is 46.1 Å². The normalized spacial score (nSPS) is 13.6. The van der Waals surface area contributed by atoms with Crippen LogP contribution >= 0.6 is 0 Å². The van der Waals surface area contributed by atoms with Gasteiger partial charge in [-0.05, 0) is 29.9 Å². The van der Waals surface area contributed by atoms with Crippen LogP contribution in [0, 0.1) is 5.41 Å². The molecule has 0 spiro atoms. The van der Waals surface area contributed by atoms with Crippen LogP contribution in [0.5, 0.6) is 0 Å². The van der Waals surface area contributed by atoms with Crippen molar-refractivity contribution in [2.24, 2.45) is 5.41 Å². The number of amides is 2. The molecule has 1 heterocycles. The number of nitrogens with zero attached hydrogens (tertiary/aromatic N) is 1. The smallest absolute Gasteiger partial charge is 0.326 e. The third kappa shape index (κ3) is 8.28. The molecule has 7 nitrogen and oxygen atoms in total. The Morgan fingerprint density at radius 1 is 1.20 bits per heavy atom. The third-order valence-corrected chi connectivity index (χ3v) is 3.65. The molecule has 0 aliphatic rings. The number of hydrogen-bond acceptors (Lipinski definition) is 4. The van der Waals surface area contributed by atoms with Crippen molar-refractivity contribution in [3.63, 3.8) is 0 Å². The molecule has 1 aromatic heterocycles. The van der Waals surface area contributed by atoms with E-state index in [4.69, 9.17) is 0 Å². The third-order valence-electron chi connectivity index (χ3n) is 3.65. The van der Waals surface area contributed by atoms with Crippen molar-refractivity contribution in [1.29, 1.82) is 0 Å². The highest BCUT2D eigenvalue weighted by molar-refractivity contribution is 5.90. The van der Waals surface area contributed by atoms with Gasteiger partial charge in [-0.2, -0.15) is 0 Å². The molecule has 0 aromatic carbocycles. The van der Waals surface area contributed by atoms with E-state index in [0.29, 0.717) is 12.8 Å². The molecule has 2 atom stereocenters. The molecular formula is C18H27N3O4. The van der Waals surface area contributed by atoms with Crippen LogP contribution in [0.2, 0.25) is 0 Å². The number of pyridine rings is 1. The number of carbonyl (C=O) groups excluding carboxylic acids is 2. The lowest BCUT2D eigenvalue weighted by molar-refractivity contribution is -0.142. The number of aliphatic carboxylic acids is 1. The highest BCUT2D eigenvalue weighted by Crippen LogP contribution is 2.21. The van der Waals surface area contributed by atoms with Gasteiger partial charge in [0.25, 0.3) is 0 Å². The number of nitrogens with one attached hydrogen (secondary N) is 2. The van der Waals surface area contributed by atoms with E-state index in [-0.39, 0.29) is 17.7 Å². The lowest BCUT2D eigenvalue weighted by Gasteiger charge is -2.24. The molecule has 0 bridgehead atoms. The summed E-state index contributed by atoms with van der Waals surface area (Å²) in [5.74, 6) is -1.95. The average molecular weight is 349 g/mol. The summed E-state index contributed by atoms with van der Waals surface area (Å²) in [6.45, 7) is 7.35. The van der Waals surface area contributed by atoms with Crippen LogP contribution < -0.4 is 10.6 Å². The van der Waals surface area contributed by atoms with Gasteiger partial charge in [-0.3, -0.25) is 14.6 Å². The first-order chi connectivity index (χ1) is 11.6. The first-order valence-electron chi connectivity index (χ1n) is 8.27. The van der Waals surface area contributed by atoms with Gasteiger partial charge in [0.05, 0.1) is 0 Å². The fraction of sp³-hybridized carbons (Fsp3) is 0.556. The molecule has 0 saturated carbocycles. The molecule has 0 aliphatic carbocycles. The maximum atomic E-state index is 12.5. The van der Waals surface area contributed by atoms with Crippen LogP contribution in [0.15, 0.2) is 24.5 Å². The molecule has 3 N–H and O–H groups in total. The van der Waals surface area contributed by atoms with Gasteiger partial charge in [0.2, 0.25) is 11.8 Å². The van der Waals surface area contributed by atoms with Gasteiger partial charge >= 0.3 is 5.97 Å². The Bertz CT molecular complexity index is 596. The number of carboxylic acid groups (broad SMARTS) is 1. The summed E-state index contributed by atoms with van der Waals surface area (Å²) in [4.78, 5) is 39.3. The minimum atomic E-state index is -1.08. The van der Waals surface area contributed by atoms with E-state index in [1.807, 2.05) is 20.8 Å². The van der Waals surface area contributed by atoms with E-state index in [1.165, 1.54) is 6.92 Å². The predicted octanol–water partition coefficient (Wildman–Crippen LogP) is 1.52. The molecule has 0 fully saturated rings. The van der Waals surface area contributed by atoms with Crippen molar-refractivity contribution in [1.82, 2.24) is 15.6 Å². The first-order valence-corrected chi connectivity index (χ1v) is 8.27. The number of carboxylic acids is 1. The van der Waals surface area contributed by atoms with Crippen LogP contribution in [0.4, 0.5) is 0 Å². The fourth-order valence-electron chi connectivity index (χ4n) is 2.32. The summed E-state index contributed by atoms with van der Waals surface area (Å²) >= 11 is 0. The van der Waals surface area contributed by atoms with Gasteiger partial charge < -0.3 is 15.7 Å². The Morgan fingerprint density at radius 3 is 2.36 bits per heavy atom. The molecule has 2 amide bonds. The number of hydrogen-bond donors (Lipinski definition) is 3. The summed E-state index contributed by atoms with van der Waals surface area (Å²) in [6, 6.07) is 1.69. The van der Waals surface area contributed by atoms with Crippen LogP contribution in [0.3, 0.4) is 0 Å². The molecule has 1 aromatic rings. The van der Waals surface area contributed by atoms with Crippen LogP contribution in [-0.4, -0.2) is 40.0 Å². The van der Waals surface area contributed by atoms with Gasteiger partial charge in [0.1, 0.15) is 12.1 Å². The van der Waals surface area contributed by atoms with E-state index in [0.717, 1.165) is 5.56 Å². The van der Waals surface area contributed by atoms with E-state index in [2.05, 4.69) is 15.6 Å². The highest BCUT2D eigenvalue weighted by atomic mass is 16.4. The number of aromatic nitrogens is 1. The Balaban J connectivity index is 2.80. The minimum Gasteiger partial charge on any atom is -0.480 e. The van der Waals surface area contributed by atoms with E-state index in [1.54, 1.807) is 24.5 Å². The van der Waals surface area contributed by atoms with Gasteiger partial charge in [0, 0.05) is 25.7 Å². The molecule has 138 valence electrons.